The lowest BCUT2D eigenvalue weighted by Gasteiger charge is -2.18. The molecule has 1 atom stereocenters. The summed E-state index contributed by atoms with van der Waals surface area (Å²) in [6.45, 7) is 6.08. The Morgan fingerprint density at radius 3 is 1.09 bits per heavy atom. The van der Waals surface area contributed by atoms with Gasteiger partial charge in [0, 0.05) is 19.3 Å². The molecule has 0 heterocycles. The largest absolute Gasteiger partial charge is 0.462 e. The van der Waals surface area contributed by atoms with Crippen molar-refractivity contribution in [3.8, 4) is 0 Å². The van der Waals surface area contributed by atoms with E-state index in [1.165, 1.54) is 0 Å². The number of hydrogen-bond acceptors (Lipinski definition) is 6. The highest BCUT2D eigenvalue weighted by Crippen LogP contribution is 2.11. The first-order valence-corrected chi connectivity index (χ1v) is 25.4. The Balaban J connectivity index is 4.67. The molecule has 67 heavy (non-hydrogen) atoms. The Morgan fingerprint density at radius 2 is 0.642 bits per heavy atom. The number of esters is 3. The molecule has 0 amide bonds. The molecule has 0 aliphatic rings. The summed E-state index contributed by atoms with van der Waals surface area (Å²) in [5.74, 6) is -1.11. The highest BCUT2D eigenvalue weighted by Gasteiger charge is 2.19. The smallest absolute Gasteiger partial charge is 0.306 e. The highest BCUT2D eigenvalue weighted by atomic mass is 16.6. The van der Waals surface area contributed by atoms with Gasteiger partial charge in [0.05, 0.1) is 0 Å². The van der Waals surface area contributed by atoms with Crippen LogP contribution in [0.4, 0.5) is 0 Å². The summed E-state index contributed by atoms with van der Waals surface area (Å²) in [5.41, 5.74) is 0. The molecule has 0 spiro atoms. The number of allylic oxidation sites excluding steroid dienone is 30. The van der Waals surface area contributed by atoms with Crippen LogP contribution >= 0.6 is 0 Å². The topological polar surface area (TPSA) is 78.9 Å². The third-order valence-electron chi connectivity index (χ3n) is 9.62. The van der Waals surface area contributed by atoms with Gasteiger partial charge in [-0.3, -0.25) is 14.4 Å². The van der Waals surface area contributed by atoms with E-state index in [-0.39, 0.29) is 44.0 Å². The van der Waals surface area contributed by atoms with E-state index in [0.29, 0.717) is 19.3 Å². The summed E-state index contributed by atoms with van der Waals surface area (Å²) in [6.07, 6.45) is 80.2. The molecule has 368 valence electrons. The summed E-state index contributed by atoms with van der Waals surface area (Å²) >= 11 is 0. The summed E-state index contributed by atoms with van der Waals surface area (Å²) in [6, 6.07) is 0. The van der Waals surface area contributed by atoms with E-state index in [1.54, 1.807) is 0 Å². The molecule has 0 saturated heterocycles. The van der Waals surface area contributed by atoms with Gasteiger partial charge in [-0.15, -0.1) is 0 Å². The minimum atomic E-state index is -0.851. The molecule has 0 radical (unpaired) electrons. The number of rotatable bonds is 42. The fourth-order valence-corrected chi connectivity index (χ4v) is 5.91. The molecule has 0 fully saturated rings. The Kier molecular flexibility index (Phi) is 48.8. The molecule has 0 aromatic rings. The molecule has 0 aliphatic heterocycles. The van der Waals surface area contributed by atoms with Gasteiger partial charge in [-0.05, 0) is 96.3 Å². The molecule has 1 unspecified atom stereocenters. The third kappa shape index (κ3) is 51.4. The normalized spacial score (nSPS) is 13.7. The number of carbonyl (C=O) groups excluding carboxylic acids is 3. The fraction of sp³-hybridized carbons (Fsp3) is 0.459. The van der Waals surface area contributed by atoms with Crippen molar-refractivity contribution in [2.45, 2.75) is 168 Å². The van der Waals surface area contributed by atoms with E-state index in [4.69, 9.17) is 14.2 Å². The second kappa shape index (κ2) is 53.1. The average molecular weight is 917 g/mol. The minimum Gasteiger partial charge on any atom is -0.462 e. The van der Waals surface area contributed by atoms with E-state index >= 15 is 0 Å². The average Bonchev–Trinajstić information content (AvgIpc) is 3.33. The van der Waals surface area contributed by atoms with Crippen molar-refractivity contribution < 1.29 is 28.6 Å². The molecule has 0 aliphatic carbocycles. The van der Waals surface area contributed by atoms with Gasteiger partial charge < -0.3 is 14.2 Å². The van der Waals surface area contributed by atoms with Crippen molar-refractivity contribution in [1.82, 2.24) is 0 Å². The van der Waals surface area contributed by atoms with Gasteiger partial charge in [-0.25, -0.2) is 0 Å². The highest BCUT2D eigenvalue weighted by molar-refractivity contribution is 5.71. The lowest BCUT2D eigenvalue weighted by Crippen LogP contribution is -2.30. The third-order valence-corrected chi connectivity index (χ3v) is 9.62. The van der Waals surface area contributed by atoms with Gasteiger partial charge in [-0.2, -0.15) is 0 Å². The maximum Gasteiger partial charge on any atom is 0.306 e. The summed E-state index contributed by atoms with van der Waals surface area (Å²) in [4.78, 5) is 38.0. The molecular formula is C61H88O6. The molecule has 0 N–H and O–H groups in total. The summed E-state index contributed by atoms with van der Waals surface area (Å²) in [5, 5.41) is 0. The van der Waals surface area contributed by atoms with Gasteiger partial charge >= 0.3 is 17.9 Å². The quantitative estimate of drug-likeness (QED) is 0.0200. The molecule has 0 aromatic carbocycles. The van der Waals surface area contributed by atoms with E-state index in [1.807, 2.05) is 79.0 Å². The van der Waals surface area contributed by atoms with Crippen LogP contribution in [-0.4, -0.2) is 37.2 Å². The van der Waals surface area contributed by atoms with Crippen molar-refractivity contribution in [3.05, 3.63) is 182 Å². The van der Waals surface area contributed by atoms with Gasteiger partial charge in [0.1, 0.15) is 13.2 Å². The van der Waals surface area contributed by atoms with E-state index in [0.717, 1.165) is 109 Å². The maximum atomic E-state index is 12.8. The second-order valence-electron chi connectivity index (χ2n) is 15.8. The molecule has 0 bridgehead atoms. The molecular weight excluding hydrogens is 829 g/mol. The maximum absolute atomic E-state index is 12.8. The lowest BCUT2D eigenvalue weighted by molar-refractivity contribution is -0.166. The zero-order valence-electron chi connectivity index (χ0n) is 41.8. The number of carbonyl (C=O) groups is 3. The van der Waals surface area contributed by atoms with Crippen molar-refractivity contribution >= 4 is 17.9 Å². The van der Waals surface area contributed by atoms with Crippen molar-refractivity contribution in [2.24, 2.45) is 0 Å². The van der Waals surface area contributed by atoms with Gasteiger partial charge in [0.2, 0.25) is 0 Å². The molecule has 6 heteroatoms. The Bertz CT molecular complexity index is 1670. The van der Waals surface area contributed by atoms with Crippen LogP contribution in [0.3, 0.4) is 0 Å². The predicted molar refractivity (Wildman–Crippen MR) is 287 cm³/mol. The van der Waals surface area contributed by atoms with E-state index in [9.17, 15) is 14.4 Å². The van der Waals surface area contributed by atoms with Gasteiger partial charge in [0.25, 0.3) is 0 Å². The SMILES string of the molecule is CC\C=C/C=C\C=C/C=C\C=C\C=C/CCCCCC(=O)OC(COC(=O)CC/C=C\C/C=C\C/C=C\C/C=C\C/C=C\C/C=C\CC)COC(=O)CCCCCCC\C=C/C=C\C=C/CC. The van der Waals surface area contributed by atoms with Crippen LogP contribution in [0.25, 0.3) is 0 Å². The monoisotopic (exact) mass is 917 g/mol. The molecule has 6 nitrogen and oxygen atoms in total. The molecule has 0 saturated carbocycles. The standard InChI is InChI=1S/C61H88O6/c1-4-7-10-13-16-19-22-25-27-29-30-32-33-36-39-42-45-48-51-54-60(63)66-57-58(56-65-59(62)53-50-47-44-41-38-35-24-21-18-15-12-9-6-3)67-61(64)55-52-49-46-43-40-37-34-31-28-26-23-20-17-14-11-8-5-2/h7-12,14-21,23-28,30-32,34,36-37,39-40,45,48,58H,4-6,13,22,29,33,35,38,41-44,46-47,49-57H2,1-3H3/b10-7-,11-8-,12-9-,17-14-,18-15-,19-16-,23-20-,24-21-,27-25-,28-26-,32-30-,34-31+,39-36-,40-37-,48-45-. The first-order chi connectivity index (χ1) is 33.0. The first-order valence-electron chi connectivity index (χ1n) is 25.4. The Hall–Kier alpha value is -5.49. The first kappa shape index (κ1) is 61.5. The van der Waals surface area contributed by atoms with Crippen LogP contribution in [-0.2, 0) is 28.6 Å². The zero-order valence-corrected chi connectivity index (χ0v) is 41.8. The summed E-state index contributed by atoms with van der Waals surface area (Å²) in [7, 11) is 0. The summed E-state index contributed by atoms with van der Waals surface area (Å²) < 4.78 is 16.7. The van der Waals surface area contributed by atoms with Gasteiger partial charge in [0.15, 0.2) is 6.10 Å². The van der Waals surface area contributed by atoms with Crippen LogP contribution in [0.2, 0.25) is 0 Å². The van der Waals surface area contributed by atoms with Crippen LogP contribution in [0.1, 0.15) is 162 Å². The zero-order chi connectivity index (χ0) is 48.6. The number of ether oxygens (including phenoxy) is 3. The van der Waals surface area contributed by atoms with Crippen LogP contribution in [0.5, 0.6) is 0 Å². The lowest BCUT2D eigenvalue weighted by atomic mass is 10.1. The van der Waals surface area contributed by atoms with Crippen LogP contribution in [0.15, 0.2) is 182 Å². The molecule has 0 rings (SSSR count). The Morgan fingerprint density at radius 1 is 0.313 bits per heavy atom. The minimum absolute atomic E-state index is 0.141. The number of hydrogen-bond donors (Lipinski definition) is 0. The van der Waals surface area contributed by atoms with Crippen molar-refractivity contribution in [2.75, 3.05) is 13.2 Å². The Labute approximate surface area is 408 Å². The van der Waals surface area contributed by atoms with Crippen LogP contribution in [0, 0.1) is 0 Å². The van der Waals surface area contributed by atoms with Crippen molar-refractivity contribution in [1.29, 1.82) is 0 Å². The van der Waals surface area contributed by atoms with Crippen molar-refractivity contribution in [3.63, 3.8) is 0 Å². The number of unbranched alkanes of at least 4 members (excludes halogenated alkanes) is 8. The predicted octanol–water partition coefficient (Wildman–Crippen LogP) is 17.0. The molecule has 0 aromatic heterocycles. The van der Waals surface area contributed by atoms with Gasteiger partial charge in [-0.1, -0.05) is 229 Å². The van der Waals surface area contributed by atoms with E-state index < -0.39 is 6.10 Å². The second-order valence-corrected chi connectivity index (χ2v) is 15.8. The van der Waals surface area contributed by atoms with Crippen LogP contribution < -0.4 is 0 Å². The fourth-order valence-electron chi connectivity index (χ4n) is 5.91. The van der Waals surface area contributed by atoms with E-state index in [2.05, 4.69) is 124 Å².